The van der Waals surface area contributed by atoms with Crippen LogP contribution in [0.15, 0.2) is 0 Å². The Morgan fingerprint density at radius 1 is 1.33 bits per heavy atom. The maximum Gasteiger partial charge on any atom is 0.167 e. The van der Waals surface area contributed by atoms with Crippen molar-refractivity contribution >= 4 is 5.78 Å². The monoisotopic (exact) mass is 208 g/mol. The number of Topliss-reactive ketones (excluding diaryl/α,β-unsaturated/α-hetero) is 1. The first-order chi connectivity index (χ1) is 6.99. The molecule has 5 atom stereocenters. The predicted octanol–water partition coefficient (Wildman–Crippen LogP) is 2.15. The van der Waals surface area contributed by atoms with Crippen LogP contribution in [0.25, 0.3) is 0 Å². The third kappa shape index (κ3) is 0.926. The van der Waals surface area contributed by atoms with Crippen molar-refractivity contribution in [1.29, 1.82) is 0 Å². The molecule has 4 bridgehead atoms. The van der Waals surface area contributed by atoms with Gasteiger partial charge in [-0.1, -0.05) is 13.8 Å². The number of carbonyl (C=O) groups is 1. The van der Waals surface area contributed by atoms with Gasteiger partial charge in [-0.2, -0.15) is 0 Å². The lowest BCUT2D eigenvalue weighted by Gasteiger charge is -2.63. The SMILES string of the molecule is C[C@@H]1CC[C@]2(O)C(=O)[C@@H]3CC[C@]2(C)C1C3. The zero-order valence-electron chi connectivity index (χ0n) is 9.62. The Hall–Kier alpha value is -0.370. The van der Waals surface area contributed by atoms with Crippen molar-refractivity contribution in [2.75, 3.05) is 0 Å². The van der Waals surface area contributed by atoms with E-state index in [1.54, 1.807) is 0 Å². The van der Waals surface area contributed by atoms with Crippen LogP contribution in [0.1, 0.15) is 46.0 Å². The number of carbonyl (C=O) groups excluding carboxylic acids is 1. The molecule has 0 heterocycles. The van der Waals surface area contributed by atoms with Crippen molar-refractivity contribution in [3.8, 4) is 0 Å². The smallest absolute Gasteiger partial charge is 0.167 e. The number of fused-ring (bicyclic) bond motifs is 1. The first-order valence-corrected chi connectivity index (χ1v) is 6.26. The van der Waals surface area contributed by atoms with E-state index in [1.165, 1.54) is 0 Å². The van der Waals surface area contributed by atoms with Crippen LogP contribution >= 0.6 is 0 Å². The Morgan fingerprint density at radius 3 is 2.80 bits per heavy atom. The molecule has 0 aromatic heterocycles. The van der Waals surface area contributed by atoms with Gasteiger partial charge in [-0.3, -0.25) is 4.79 Å². The van der Waals surface area contributed by atoms with Crippen molar-refractivity contribution in [2.24, 2.45) is 23.2 Å². The lowest BCUT2D eigenvalue weighted by molar-refractivity contribution is -0.214. The minimum atomic E-state index is -0.967. The van der Waals surface area contributed by atoms with Gasteiger partial charge in [-0.25, -0.2) is 0 Å². The molecule has 4 aliphatic carbocycles. The van der Waals surface area contributed by atoms with Crippen molar-refractivity contribution < 1.29 is 9.90 Å². The fraction of sp³-hybridized carbons (Fsp3) is 0.923. The van der Waals surface area contributed by atoms with Crippen LogP contribution < -0.4 is 0 Å². The Labute approximate surface area is 91.1 Å². The highest BCUT2D eigenvalue weighted by Crippen LogP contribution is 2.63. The molecule has 4 fully saturated rings. The van der Waals surface area contributed by atoms with Crippen LogP contribution in [0, 0.1) is 23.2 Å². The zero-order valence-corrected chi connectivity index (χ0v) is 9.62. The predicted molar refractivity (Wildman–Crippen MR) is 57.3 cm³/mol. The molecule has 1 N–H and O–H groups in total. The highest BCUT2D eigenvalue weighted by molar-refractivity contribution is 5.92. The summed E-state index contributed by atoms with van der Waals surface area (Å²) in [5.74, 6) is 1.60. The number of aliphatic hydroxyl groups is 1. The average molecular weight is 208 g/mol. The van der Waals surface area contributed by atoms with Gasteiger partial charge in [-0.15, -0.1) is 0 Å². The molecule has 0 aromatic rings. The van der Waals surface area contributed by atoms with Crippen LogP contribution in [-0.2, 0) is 4.79 Å². The Morgan fingerprint density at radius 2 is 2.07 bits per heavy atom. The molecule has 4 aliphatic rings. The summed E-state index contributed by atoms with van der Waals surface area (Å²) in [6.45, 7) is 4.45. The molecule has 1 unspecified atom stereocenters. The van der Waals surface area contributed by atoms with E-state index in [-0.39, 0.29) is 17.1 Å². The van der Waals surface area contributed by atoms with Gasteiger partial charge >= 0.3 is 0 Å². The normalized spacial score (nSPS) is 58.3. The fourth-order valence-corrected chi connectivity index (χ4v) is 4.62. The van der Waals surface area contributed by atoms with Gasteiger partial charge in [0.2, 0.25) is 0 Å². The van der Waals surface area contributed by atoms with Crippen molar-refractivity contribution in [1.82, 2.24) is 0 Å². The summed E-state index contributed by atoms with van der Waals surface area (Å²) in [6.07, 6.45) is 4.83. The van der Waals surface area contributed by atoms with Gasteiger partial charge in [0.1, 0.15) is 5.60 Å². The Kier molecular flexibility index (Phi) is 1.74. The van der Waals surface area contributed by atoms with Crippen LogP contribution in [0.2, 0.25) is 0 Å². The molecule has 0 saturated heterocycles. The van der Waals surface area contributed by atoms with Gasteiger partial charge in [0.25, 0.3) is 0 Å². The minimum absolute atomic E-state index is 0.115. The van der Waals surface area contributed by atoms with E-state index in [2.05, 4.69) is 13.8 Å². The Bertz CT molecular complexity index is 324. The molecule has 2 heteroatoms. The molecule has 0 radical (unpaired) electrons. The molecule has 84 valence electrons. The van der Waals surface area contributed by atoms with Crippen molar-refractivity contribution in [2.45, 2.75) is 51.6 Å². The van der Waals surface area contributed by atoms with Crippen LogP contribution in [0.3, 0.4) is 0 Å². The molecular formula is C13H20O2. The van der Waals surface area contributed by atoms with Crippen molar-refractivity contribution in [3.05, 3.63) is 0 Å². The highest BCUT2D eigenvalue weighted by atomic mass is 16.3. The molecule has 4 saturated carbocycles. The summed E-state index contributed by atoms with van der Waals surface area (Å²) < 4.78 is 0. The lowest BCUT2D eigenvalue weighted by atomic mass is 9.42. The van der Waals surface area contributed by atoms with Gasteiger partial charge in [0, 0.05) is 11.3 Å². The van der Waals surface area contributed by atoms with E-state index >= 15 is 0 Å². The molecule has 0 amide bonds. The zero-order chi connectivity index (χ0) is 10.8. The number of hydrogen-bond donors (Lipinski definition) is 1. The van der Waals surface area contributed by atoms with Gasteiger partial charge in [-0.05, 0) is 43.9 Å². The van der Waals surface area contributed by atoms with E-state index < -0.39 is 5.60 Å². The maximum absolute atomic E-state index is 12.2. The van der Waals surface area contributed by atoms with E-state index in [4.69, 9.17) is 0 Å². The third-order valence-corrected chi connectivity index (χ3v) is 5.74. The van der Waals surface area contributed by atoms with Gasteiger partial charge in [0.15, 0.2) is 5.78 Å². The maximum atomic E-state index is 12.2. The molecular weight excluding hydrogens is 188 g/mol. The standard InChI is InChI=1S/C13H20O2/c1-8-3-6-13(15)11(14)9-4-5-12(13,2)10(8)7-9/h8-10,15H,3-7H2,1-2H3/t8-,9-,10?,12-,13+/m1/s1. The molecule has 2 nitrogen and oxygen atoms in total. The molecule has 4 rings (SSSR count). The van der Waals surface area contributed by atoms with E-state index in [9.17, 15) is 9.90 Å². The summed E-state index contributed by atoms with van der Waals surface area (Å²) >= 11 is 0. The molecule has 0 aromatic carbocycles. The van der Waals surface area contributed by atoms with E-state index in [0.717, 1.165) is 25.7 Å². The third-order valence-electron chi connectivity index (χ3n) is 5.74. The molecule has 0 aliphatic heterocycles. The highest BCUT2D eigenvalue weighted by Gasteiger charge is 2.66. The summed E-state index contributed by atoms with van der Waals surface area (Å²) in [5.41, 5.74) is -1.08. The second-order valence-corrected chi connectivity index (χ2v) is 6.24. The lowest BCUT2D eigenvalue weighted by Crippen LogP contribution is -2.68. The second kappa shape index (κ2) is 2.65. The summed E-state index contributed by atoms with van der Waals surface area (Å²) in [5, 5.41) is 10.7. The molecule has 15 heavy (non-hydrogen) atoms. The topological polar surface area (TPSA) is 37.3 Å². The van der Waals surface area contributed by atoms with Crippen LogP contribution in [0.4, 0.5) is 0 Å². The van der Waals surface area contributed by atoms with E-state index in [1.807, 2.05) is 0 Å². The van der Waals surface area contributed by atoms with Crippen molar-refractivity contribution in [3.63, 3.8) is 0 Å². The summed E-state index contributed by atoms with van der Waals surface area (Å²) in [4.78, 5) is 12.2. The summed E-state index contributed by atoms with van der Waals surface area (Å²) in [7, 11) is 0. The number of hydrogen-bond acceptors (Lipinski definition) is 2. The van der Waals surface area contributed by atoms with Gasteiger partial charge in [0.05, 0.1) is 0 Å². The quantitative estimate of drug-likeness (QED) is 0.662. The van der Waals surface area contributed by atoms with Crippen LogP contribution in [-0.4, -0.2) is 16.5 Å². The average Bonchev–Trinajstić information content (AvgIpc) is 2.21. The minimum Gasteiger partial charge on any atom is -0.381 e. The second-order valence-electron chi connectivity index (χ2n) is 6.24. The first kappa shape index (κ1) is 9.83. The molecule has 0 spiro atoms. The largest absolute Gasteiger partial charge is 0.381 e. The first-order valence-electron chi connectivity index (χ1n) is 6.26. The number of rotatable bonds is 0. The van der Waals surface area contributed by atoms with Crippen LogP contribution in [0.5, 0.6) is 0 Å². The van der Waals surface area contributed by atoms with Gasteiger partial charge < -0.3 is 5.11 Å². The fourth-order valence-electron chi connectivity index (χ4n) is 4.62. The number of ketones is 1. The van der Waals surface area contributed by atoms with E-state index in [0.29, 0.717) is 18.3 Å². The summed E-state index contributed by atoms with van der Waals surface area (Å²) in [6, 6.07) is 0. The Balaban J connectivity index is 2.11.